The van der Waals surface area contributed by atoms with Crippen LogP contribution in [0.25, 0.3) is 0 Å². The number of rotatable bonds is 7. The van der Waals surface area contributed by atoms with E-state index in [0.29, 0.717) is 32.6 Å². The Kier molecular flexibility index (Phi) is 6.77. The number of carbonyl (C=O) groups is 1. The van der Waals surface area contributed by atoms with E-state index in [0.717, 1.165) is 0 Å². The number of anilines is 1. The smallest absolute Gasteiger partial charge is 0.236 e. The molecule has 1 amide bonds. The third kappa shape index (κ3) is 5.37. The third-order valence-electron chi connectivity index (χ3n) is 3.67. The van der Waals surface area contributed by atoms with E-state index < -0.39 is 0 Å². The van der Waals surface area contributed by atoms with Crippen LogP contribution in [0.4, 0.5) is 5.82 Å². The van der Waals surface area contributed by atoms with Crippen LogP contribution in [0.3, 0.4) is 0 Å². The molecule has 0 aliphatic carbocycles. The fraction of sp³-hybridized carbons (Fsp3) is 0.222. The number of halogens is 2. The summed E-state index contributed by atoms with van der Waals surface area (Å²) in [5.74, 6) is 1.69. The Bertz CT molecular complexity index is 965. The van der Waals surface area contributed by atoms with Crippen molar-refractivity contribution in [3.63, 3.8) is 0 Å². The average Bonchev–Trinajstić information content (AvgIpc) is 3.02. The molecule has 1 N–H and O–H groups in total. The second-order valence-electron chi connectivity index (χ2n) is 5.82. The van der Waals surface area contributed by atoms with Gasteiger partial charge in [-0.15, -0.1) is 10.2 Å². The van der Waals surface area contributed by atoms with Crippen LogP contribution < -0.4 is 10.1 Å². The first-order valence-electron chi connectivity index (χ1n) is 8.28. The van der Waals surface area contributed by atoms with Crippen molar-refractivity contribution in [3.8, 4) is 5.75 Å². The topological polar surface area (TPSA) is 81.9 Å². The van der Waals surface area contributed by atoms with Crippen LogP contribution in [0, 0.1) is 0 Å². The number of thioether (sulfide) groups is 1. The maximum atomic E-state index is 12.1. The van der Waals surface area contributed by atoms with Crippen molar-refractivity contribution in [2.45, 2.75) is 18.2 Å². The highest BCUT2D eigenvalue weighted by Crippen LogP contribution is 2.25. The van der Waals surface area contributed by atoms with Gasteiger partial charge in [-0.25, -0.2) is 4.98 Å². The zero-order valence-corrected chi connectivity index (χ0v) is 17.4. The molecule has 0 aliphatic rings. The molecular formula is C18H17Cl2N5O2S. The first-order valence-corrected chi connectivity index (χ1v) is 10.0. The number of hydrogen-bond donors (Lipinski definition) is 1. The first kappa shape index (κ1) is 20.4. The van der Waals surface area contributed by atoms with E-state index in [-0.39, 0.29) is 17.8 Å². The normalized spacial score (nSPS) is 11.9. The van der Waals surface area contributed by atoms with Crippen molar-refractivity contribution in [2.75, 3.05) is 11.1 Å². The van der Waals surface area contributed by atoms with Crippen molar-refractivity contribution >= 4 is 46.7 Å². The quantitative estimate of drug-likeness (QED) is 0.551. The Morgan fingerprint density at radius 2 is 2.07 bits per heavy atom. The fourth-order valence-electron chi connectivity index (χ4n) is 2.36. The summed E-state index contributed by atoms with van der Waals surface area (Å²) in [6, 6.07) is 10.5. The molecule has 0 fully saturated rings. The van der Waals surface area contributed by atoms with E-state index in [1.54, 1.807) is 28.8 Å². The van der Waals surface area contributed by atoms with E-state index in [1.165, 1.54) is 18.0 Å². The standard InChI is InChI=1S/C18H17Cl2N5O2S/c1-11(27-14-5-3-4-12(19)8-14)17-23-24-18(25(17)2)28-10-16(26)22-15-7-6-13(20)9-21-15/h3-9,11H,10H2,1-2H3,(H,21,22,26). The van der Waals surface area contributed by atoms with Gasteiger partial charge in [0.1, 0.15) is 11.6 Å². The van der Waals surface area contributed by atoms with Gasteiger partial charge >= 0.3 is 0 Å². The summed E-state index contributed by atoms with van der Waals surface area (Å²) in [6.45, 7) is 1.87. The highest BCUT2D eigenvalue weighted by molar-refractivity contribution is 7.99. The minimum absolute atomic E-state index is 0.166. The highest BCUT2D eigenvalue weighted by atomic mass is 35.5. The first-order chi connectivity index (χ1) is 13.4. The van der Waals surface area contributed by atoms with Crippen molar-refractivity contribution in [2.24, 2.45) is 7.05 Å². The van der Waals surface area contributed by atoms with Crippen molar-refractivity contribution in [1.82, 2.24) is 19.7 Å². The van der Waals surface area contributed by atoms with Gasteiger partial charge in [0.05, 0.1) is 10.8 Å². The average molecular weight is 438 g/mol. The minimum atomic E-state index is -0.336. The number of carbonyl (C=O) groups excluding carboxylic acids is 1. The Morgan fingerprint density at radius 3 is 2.79 bits per heavy atom. The summed E-state index contributed by atoms with van der Waals surface area (Å²) < 4.78 is 7.67. The van der Waals surface area contributed by atoms with Gasteiger partial charge in [-0.1, -0.05) is 41.0 Å². The van der Waals surface area contributed by atoms with Gasteiger partial charge in [-0.3, -0.25) is 4.79 Å². The number of amides is 1. The molecule has 3 aromatic rings. The van der Waals surface area contributed by atoms with Crippen LogP contribution in [0.1, 0.15) is 18.9 Å². The number of nitrogens with one attached hydrogen (secondary N) is 1. The lowest BCUT2D eigenvalue weighted by Crippen LogP contribution is -2.15. The molecule has 1 atom stereocenters. The Labute approximate surface area is 176 Å². The number of ether oxygens (including phenoxy) is 1. The number of benzene rings is 1. The van der Waals surface area contributed by atoms with Crippen LogP contribution in [0.2, 0.25) is 10.0 Å². The molecule has 28 heavy (non-hydrogen) atoms. The summed E-state index contributed by atoms with van der Waals surface area (Å²) in [4.78, 5) is 16.1. The molecule has 2 aromatic heterocycles. The van der Waals surface area contributed by atoms with Crippen molar-refractivity contribution in [1.29, 1.82) is 0 Å². The lowest BCUT2D eigenvalue weighted by atomic mass is 10.3. The third-order valence-corrected chi connectivity index (χ3v) is 5.15. The molecule has 1 unspecified atom stereocenters. The fourth-order valence-corrected chi connectivity index (χ4v) is 3.37. The second kappa shape index (κ2) is 9.27. The highest BCUT2D eigenvalue weighted by Gasteiger charge is 2.18. The van der Waals surface area contributed by atoms with E-state index in [1.807, 2.05) is 26.1 Å². The molecule has 1 aromatic carbocycles. The molecule has 0 aliphatic heterocycles. The molecule has 0 saturated carbocycles. The molecule has 2 heterocycles. The summed E-state index contributed by atoms with van der Waals surface area (Å²) in [5, 5.41) is 12.7. The van der Waals surface area contributed by atoms with E-state index in [2.05, 4.69) is 20.5 Å². The van der Waals surface area contributed by atoms with Gasteiger partial charge in [-0.2, -0.15) is 0 Å². The number of hydrogen-bond acceptors (Lipinski definition) is 6. The molecule has 0 radical (unpaired) electrons. The van der Waals surface area contributed by atoms with E-state index in [4.69, 9.17) is 27.9 Å². The Morgan fingerprint density at radius 1 is 1.25 bits per heavy atom. The van der Waals surface area contributed by atoms with Crippen molar-refractivity contribution < 1.29 is 9.53 Å². The molecule has 0 bridgehead atoms. The molecule has 7 nitrogen and oxygen atoms in total. The van der Waals surface area contributed by atoms with Gasteiger partial charge < -0.3 is 14.6 Å². The second-order valence-corrected chi connectivity index (χ2v) is 7.63. The van der Waals surface area contributed by atoms with Crippen LogP contribution in [0.5, 0.6) is 5.75 Å². The van der Waals surface area contributed by atoms with Gasteiger partial charge in [0.25, 0.3) is 0 Å². The number of aromatic nitrogens is 4. The van der Waals surface area contributed by atoms with Crippen LogP contribution in [-0.4, -0.2) is 31.4 Å². The van der Waals surface area contributed by atoms with E-state index >= 15 is 0 Å². The van der Waals surface area contributed by atoms with Crippen LogP contribution in [-0.2, 0) is 11.8 Å². The largest absolute Gasteiger partial charge is 0.483 e. The summed E-state index contributed by atoms with van der Waals surface area (Å²) in [6.07, 6.45) is 1.14. The number of nitrogens with zero attached hydrogens (tertiary/aromatic N) is 4. The molecule has 3 rings (SSSR count). The van der Waals surface area contributed by atoms with Gasteiger partial charge in [0.2, 0.25) is 5.91 Å². The summed E-state index contributed by atoms with van der Waals surface area (Å²) in [7, 11) is 1.83. The zero-order chi connectivity index (χ0) is 20.1. The lowest BCUT2D eigenvalue weighted by Gasteiger charge is -2.14. The molecule has 0 saturated heterocycles. The molecule has 10 heteroatoms. The Hall–Kier alpha value is -2.29. The Balaban J connectivity index is 1.57. The van der Waals surface area contributed by atoms with Crippen LogP contribution in [0.15, 0.2) is 47.8 Å². The SMILES string of the molecule is CC(Oc1cccc(Cl)c1)c1nnc(SCC(=O)Nc2ccc(Cl)cn2)n1C. The predicted octanol–water partition coefficient (Wildman–Crippen LogP) is 4.39. The van der Waals surface area contributed by atoms with Gasteiger partial charge in [0.15, 0.2) is 17.1 Å². The molecule has 0 spiro atoms. The molecular weight excluding hydrogens is 421 g/mol. The van der Waals surface area contributed by atoms with Gasteiger partial charge in [0, 0.05) is 18.3 Å². The van der Waals surface area contributed by atoms with Gasteiger partial charge in [-0.05, 0) is 37.3 Å². The van der Waals surface area contributed by atoms with Crippen LogP contribution >= 0.6 is 35.0 Å². The minimum Gasteiger partial charge on any atom is -0.483 e. The monoisotopic (exact) mass is 437 g/mol. The van der Waals surface area contributed by atoms with Crippen molar-refractivity contribution in [3.05, 3.63) is 58.5 Å². The predicted molar refractivity (Wildman–Crippen MR) is 110 cm³/mol. The van der Waals surface area contributed by atoms with E-state index in [9.17, 15) is 4.79 Å². The zero-order valence-electron chi connectivity index (χ0n) is 15.1. The summed E-state index contributed by atoms with van der Waals surface area (Å²) >= 11 is 13.0. The summed E-state index contributed by atoms with van der Waals surface area (Å²) in [5.41, 5.74) is 0. The molecule has 146 valence electrons. The number of pyridine rings is 1. The maximum absolute atomic E-state index is 12.1. The lowest BCUT2D eigenvalue weighted by molar-refractivity contribution is -0.113. The maximum Gasteiger partial charge on any atom is 0.236 e.